The number of aromatic nitrogens is 2. The number of nitrogens with zero attached hydrogens (tertiary/aromatic N) is 1. The highest BCUT2D eigenvalue weighted by Gasteiger charge is 2.20. The smallest absolute Gasteiger partial charge is 0.354 e. The fourth-order valence-corrected chi connectivity index (χ4v) is 1.67. The second kappa shape index (κ2) is 6.04. The van der Waals surface area contributed by atoms with E-state index < -0.39 is 17.7 Å². The van der Waals surface area contributed by atoms with Crippen molar-refractivity contribution >= 4 is 17.6 Å². The summed E-state index contributed by atoms with van der Waals surface area (Å²) in [5.41, 5.74) is -0.448. The Labute approximate surface area is 118 Å². The molecule has 3 N–H and O–H groups in total. The van der Waals surface area contributed by atoms with Crippen LogP contribution in [0.2, 0.25) is 0 Å². The van der Waals surface area contributed by atoms with E-state index in [4.69, 9.17) is 9.84 Å². The number of halogens is 1. The van der Waals surface area contributed by atoms with E-state index in [1.54, 1.807) is 6.92 Å². The number of carboxylic acids is 1. The van der Waals surface area contributed by atoms with E-state index in [1.165, 1.54) is 12.1 Å². The first-order valence-electron chi connectivity index (χ1n) is 6.03. The van der Waals surface area contributed by atoms with Crippen LogP contribution in [0.5, 0.6) is 5.75 Å². The Morgan fingerprint density at radius 2 is 2.24 bits per heavy atom. The van der Waals surface area contributed by atoms with E-state index in [0.717, 1.165) is 12.4 Å². The summed E-state index contributed by atoms with van der Waals surface area (Å²) >= 11 is 0. The molecule has 110 valence electrons. The zero-order chi connectivity index (χ0) is 15.4. The SMILES string of the molecule is CCOc1ccc(NC(=O)c2nc[nH]c2C(=O)O)cc1F. The molecule has 1 heterocycles. The Balaban J connectivity index is 2.18. The molecule has 0 fully saturated rings. The number of amides is 1. The summed E-state index contributed by atoms with van der Waals surface area (Å²) in [7, 11) is 0. The molecule has 1 aromatic carbocycles. The standard InChI is InChI=1S/C13H12FN3O4/c1-2-21-9-4-3-7(5-8(9)14)17-12(18)10-11(13(19)20)16-6-15-10/h3-6H,2H2,1H3,(H,15,16)(H,17,18)(H,19,20). The monoisotopic (exact) mass is 293 g/mol. The van der Waals surface area contributed by atoms with Crippen LogP contribution in [-0.4, -0.2) is 33.6 Å². The van der Waals surface area contributed by atoms with E-state index in [-0.39, 0.29) is 22.8 Å². The van der Waals surface area contributed by atoms with Gasteiger partial charge in [0.2, 0.25) is 0 Å². The van der Waals surface area contributed by atoms with Crippen LogP contribution in [0.1, 0.15) is 27.9 Å². The van der Waals surface area contributed by atoms with Crippen molar-refractivity contribution in [3.05, 3.63) is 41.7 Å². The van der Waals surface area contributed by atoms with Gasteiger partial charge in [0.05, 0.1) is 12.9 Å². The zero-order valence-corrected chi connectivity index (χ0v) is 11.0. The molecule has 0 atom stereocenters. The highest BCUT2D eigenvalue weighted by Crippen LogP contribution is 2.21. The third-order valence-corrected chi connectivity index (χ3v) is 2.56. The number of H-pyrrole nitrogens is 1. The van der Waals surface area contributed by atoms with Crippen molar-refractivity contribution in [2.75, 3.05) is 11.9 Å². The van der Waals surface area contributed by atoms with E-state index in [1.807, 2.05) is 0 Å². The first-order valence-corrected chi connectivity index (χ1v) is 6.03. The number of imidazole rings is 1. The largest absolute Gasteiger partial charge is 0.491 e. The van der Waals surface area contributed by atoms with Crippen molar-refractivity contribution in [3.63, 3.8) is 0 Å². The van der Waals surface area contributed by atoms with Crippen molar-refractivity contribution in [3.8, 4) is 5.75 Å². The minimum absolute atomic E-state index is 0.0708. The average molecular weight is 293 g/mol. The molecule has 1 aromatic heterocycles. The number of hydrogen-bond acceptors (Lipinski definition) is 4. The lowest BCUT2D eigenvalue weighted by Crippen LogP contribution is -2.16. The van der Waals surface area contributed by atoms with Gasteiger partial charge in [-0.05, 0) is 19.1 Å². The number of carboxylic acid groups (broad SMARTS) is 1. The van der Waals surface area contributed by atoms with Crippen LogP contribution in [0.25, 0.3) is 0 Å². The number of nitrogens with one attached hydrogen (secondary N) is 2. The quantitative estimate of drug-likeness (QED) is 0.781. The average Bonchev–Trinajstić information content (AvgIpc) is 2.91. The van der Waals surface area contributed by atoms with Crippen LogP contribution in [0.3, 0.4) is 0 Å². The Morgan fingerprint density at radius 1 is 1.48 bits per heavy atom. The Hall–Kier alpha value is -2.90. The molecule has 2 rings (SSSR count). The predicted molar refractivity (Wildman–Crippen MR) is 71.1 cm³/mol. The molecule has 0 saturated heterocycles. The van der Waals surface area contributed by atoms with Gasteiger partial charge < -0.3 is 20.1 Å². The number of hydrogen-bond donors (Lipinski definition) is 3. The maximum atomic E-state index is 13.6. The van der Waals surface area contributed by atoms with Gasteiger partial charge in [0, 0.05) is 11.8 Å². The molecule has 0 aliphatic heterocycles. The number of carbonyl (C=O) groups excluding carboxylic acids is 1. The lowest BCUT2D eigenvalue weighted by Gasteiger charge is -2.07. The molecular formula is C13H12FN3O4. The van der Waals surface area contributed by atoms with Crippen LogP contribution < -0.4 is 10.1 Å². The summed E-state index contributed by atoms with van der Waals surface area (Å²) < 4.78 is 18.7. The Bertz CT molecular complexity index is 684. The summed E-state index contributed by atoms with van der Waals surface area (Å²) in [5.74, 6) is -2.62. The van der Waals surface area contributed by atoms with E-state index in [0.29, 0.717) is 6.61 Å². The molecule has 2 aromatic rings. The number of rotatable bonds is 5. The van der Waals surface area contributed by atoms with Gasteiger partial charge in [-0.3, -0.25) is 4.79 Å². The third kappa shape index (κ3) is 3.16. The Morgan fingerprint density at radius 3 is 2.86 bits per heavy atom. The molecule has 0 bridgehead atoms. The van der Waals surface area contributed by atoms with Gasteiger partial charge in [0.25, 0.3) is 5.91 Å². The maximum absolute atomic E-state index is 13.6. The highest BCUT2D eigenvalue weighted by atomic mass is 19.1. The number of aromatic amines is 1. The fourth-order valence-electron chi connectivity index (χ4n) is 1.67. The number of carbonyl (C=O) groups is 2. The molecule has 0 aliphatic carbocycles. The minimum atomic E-state index is -1.31. The molecule has 8 heteroatoms. The van der Waals surface area contributed by atoms with Crippen molar-refractivity contribution < 1.29 is 23.8 Å². The van der Waals surface area contributed by atoms with Crippen molar-refractivity contribution in [2.24, 2.45) is 0 Å². The number of aromatic carboxylic acids is 1. The van der Waals surface area contributed by atoms with Gasteiger partial charge in [-0.1, -0.05) is 0 Å². The fraction of sp³-hybridized carbons (Fsp3) is 0.154. The summed E-state index contributed by atoms with van der Waals surface area (Å²) in [6.45, 7) is 2.04. The molecule has 0 radical (unpaired) electrons. The molecule has 0 aliphatic rings. The first kappa shape index (κ1) is 14.5. The summed E-state index contributed by atoms with van der Waals surface area (Å²) in [5, 5.41) is 11.3. The Kier molecular flexibility index (Phi) is 4.17. The number of anilines is 1. The second-order valence-corrected chi connectivity index (χ2v) is 3.96. The lowest BCUT2D eigenvalue weighted by atomic mass is 10.2. The van der Waals surface area contributed by atoms with Gasteiger partial charge >= 0.3 is 5.97 Å². The molecule has 0 spiro atoms. The molecule has 1 amide bonds. The van der Waals surface area contributed by atoms with Gasteiger partial charge in [-0.15, -0.1) is 0 Å². The molecular weight excluding hydrogens is 281 g/mol. The van der Waals surface area contributed by atoms with Crippen LogP contribution in [0.4, 0.5) is 10.1 Å². The van der Waals surface area contributed by atoms with Gasteiger partial charge in [-0.2, -0.15) is 0 Å². The zero-order valence-electron chi connectivity index (χ0n) is 11.0. The van der Waals surface area contributed by atoms with Gasteiger partial charge in [0.1, 0.15) is 0 Å². The summed E-state index contributed by atoms with van der Waals surface area (Å²) in [6, 6.07) is 3.89. The topological polar surface area (TPSA) is 104 Å². The van der Waals surface area contributed by atoms with E-state index >= 15 is 0 Å². The number of benzene rings is 1. The van der Waals surface area contributed by atoms with Crippen molar-refractivity contribution in [1.29, 1.82) is 0 Å². The van der Waals surface area contributed by atoms with Crippen molar-refractivity contribution in [1.82, 2.24) is 9.97 Å². The van der Waals surface area contributed by atoms with Gasteiger partial charge in [-0.25, -0.2) is 14.2 Å². The lowest BCUT2D eigenvalue weighted by molar-refractivity contribution is 0.0686. The third-order valence-electron chi connectivity index (χ3n) is 2.56. The highest BCUT2D eigenvalue weighted by molar-refractivity contribution is 6.08. The first-order chi connectivity index (χ1) is 10.0. The molecule has 7 nitrogen and oxygen atoms in total. The van der Waals surface area contributed by atoms with Crippen LogP contribution in [0.15, 0.2) is 24.5 Å². The second-order valence-electron chi connectivity index (χ2n) is 3.96. The molecule has 0 unspecified atom stereocenters. The van der Waals surface area contributed by atoms with Crippen LogP contribution in [-0.2, 0) is 0 Å². The van der Waals surface area contributed by atoms with E-state index in [9.17, 15) is 14.0 Å². The van der Waals surface area contributed by atoms with Crippen molar-refractivity contribution in [2.45, 2.75) is 6.92 Å². The maximum Gasteiger partial charge on any atom is 0.354 e. The summed E-state index contributed by atoms with van der Waals surface area (Å²) in [4.78, 5) is 28.8. The normalized spacial score (nSPS) is 10.2. The van der Waals surface area contributed by atoms with Gasteiger partial charge in [0.15, 0.2) is 23.0 Å². The minimum Gasteiger partial charge on any atom is -0.491 e. The van der Waals surface area contributed by atoms with Crippen LogP contribution >= 0.6 is 0 Å². The number of ether oxygens (including phenoxy) is 1. The summed E-state index contributed by atoms with van der Waals surface area (Å²) in [6.07, 6.45) is 1.09. The van der Waals surface area contributed by atoms with Crippen LogP contribution in [0, 0.1) is 5.82 Å². The molecule has 0 saturated carbocycles. The molecule has 21 heavy (non-hydrogen) atoms. The predicted octanol–water partition coefficient (Wildman–Crippen LogP) is 1.90. The van der Waals surface area contributed by atoms with E-state index in [2.05, 4.69) is 15.3 Å².